The van der Waals surface area contributed by atoms with Gasteiger partial charge in [-0.05, 0) is 25.3 Å². The maximum absolute atomic E-state index is 5.71. The second kappa shape index (κ2) is 4.80. The van der Waals surface area contributed by atoms with Gasteiger partial charge in [0.1, 0.15) is 0 Å². The summed E-state index contributed by atoms with van der Waals surface area (Å²) in [4.78, 5) is 0. The molecule has 72 valence electrons. The number of nitrogens with one attached hydrogen (secondary N) is 1. The molecule has 0 saturated heterocycles. The van der Waals surface area contributed by atoms with Crippen molar-refractivity contribution in [2.75, 3.05) is 20.6 Å². The van der Waals surface area contributed by atoms with Crippen molar-refractivity contribution in [2.24, 2.45) is 11.7 Å². The summed E-state index contributed by atoms with van der Waals surface area (Å²) >= 11 is 0. The molecule has 0 spiro atoms. The predicted octanol–water partition coefficient (Wildman–Crippen LogP) is 0.570. The summed E-state index contributed by atoms with van der Waals surface area (Å²) < 4.78 is 0. The van der Waals surface area contributed by atoms with E-state index in [1.165, 1.54) is 25.7 Å². The third-order valence-electron chi connectivity index (χ3n) is 2.64. The Bertz CT molecular complexity index is 125. The summed E-state index contributed by atoms with van der Waals surface area (Å²) in [6, 6.07) is 0.610. The minimum absolute atomic E-state index is 0.610. The third kappa shape index (κ3) is 2.73. The molecule has 1 aliphatic rings. The molecule has 0 amide bonds. The lowest BCUT2D eigenvalue weighted by atomic mass is 9.85. The third-order valence-corrected chi connectivity index (χ3v) is 2.64. The van der Waals surface area contributed by atoms with Crippen LogP contribution in [0.5, 0.6) is 0 Å². The Morgan fingerprint density at radius 3 is 2.58 bits per heavy atom. The average molecular weight is 171 g/mol. The quantitative estimate of drug-likeness (QED) is 0.610. The van der Waals surface area contributed by atoms with Gasteiger partial charge in [0, 0.05) is 20.1 Å². The average Bonchev–Trinajstić information content (AvgIpc) is 2.04. The van der Waals surface area contributed by atoms with Crippen LogP contribution in [0.1, 0.15) is 25.7 Å². The Hall–Kier alpha value is -0.120. The van der Waals surface area contributed by atoms with E-state index in [2.05, 4.69) is 5.43 Å². The zero-order valence-corrected chi connectivity index (χ0v) is 8.21. The van der Waals surface area contributed by atoms with E-state index in [1.807, 2.05) is 19.1 Å². The van der Waals surface area contributed by atoms with Crippen molar-refractivity contribution in [3.8, 4) is 0 Å². The Balaban J connectivity index is 2.36. The number of hydrazine groups is 1. The maximum Gasteiger partial charge on any atom is 0.0255 e. The van der Waals surface area contributed by atoms with E-state index in [1.54, 1.807) is 0 Å². The minimum atomic E-state index is 0.610. The monoisotopic (exact) mass is 171 g/mol. The van der Waals surface area contributed by atoms with Gasteiger partial charge in [0.15, 0.2) is 0 Å². The number of hydrogen-bond acceptors (Lipinski definition) is 3. The highest BCUT2D eigenvalue weighted by Gasteiger charge is 2.23. The fourth-order valence-corrected chi connectivity index (χ4v) is 1.99. The number of nitrogens with two attached hydrogens (primary N) is 1. The van der Waals surface area contributed by atoms with Crippen LogP contribution in [-0.4, -0.2) is 31.7 Å². The molecule has 0 radical (unpaired) electrons. The number of nitrogens with zero attached hydrogens (tertiary/aromatic N) is 1. The van der Waals surface area contributed by atoms with Gasteiger partial charge in [-0.2, -0.15) is 0 Å². The smallest absolute Gasteiger partial charge is 0.0255 e. The van der Waals surface area contributed by atoms with Crippen molar-refractivity contribution in [2.45, 2.75) is 31.7 Å². The minimum Gasteiger partial charge on any atom is -0.330 e. The summed E-state index contributed by atoms with van der Waals surface area (Å²) in [6.07, 6.45) is 5.28. The van der Waals surface area contributed by atoms with Crippen molar-refractivity contribution in [1.82, 2.24) is 10.4 Å². The zero-order chi connectivity index (χ0) is 8.97. The molecular weight excluding hydrogens is 150 g/mol. The molecule has 0 aliphatic heterocycles. The van der Waals surface area contributed by atoms with E-state index < -0.39 is 0 Å². The highest BCUT2D eigenvalue weighted by Crippen LogP contribution is 2.23. The summed E-state index contributed by atoms with van der Waals surface area (Å²) in [7, 11) is 4.09. The van der Waals surface area contributed by atoms with Crippen LogP contribution in [0.3, 0.4) is 0 Å². The first kappa shape index (κ1) is 9.96. The largest absolute Gasteiger partial charge is 0.330 e. The molecule has 1 fully saturated rings. The lowest BCUT2D eigenvalue weighted by Crippen LogP contribution is -2.47. The molecule has 1 aliphatic carbocycles. The molecule has 0 heterocycles. The lowest BCUT2D eigenvalue weighted by molar-refractivity contribution is 0.161. The molecule has 0 aromatic carbocycles. The summed E-state index contributed by atoms with van der Waals surface area (Å²) in [6.45, 7) is 0.825. The lowest BCUT2D eigenvalue weighted by Gasteiger charge is -2.33. The molecule has 1 saturated carbocycles. The molecule has 1 rings (SSSR count). The Morgan fingerprint density at radius 2 is 2.00 bits per heavy atom. The van der Waals surface area contributed by atoms with E-state index in [0.29, 0.717) is 12.0 Å². The molecule has 3 nitrogen and oxygen atoms in total. The topological polar surface area (TPSA) is 41.3 Å². The van der Waals surface area contributed by atoms with E-state index in [-0.39, 0.29) is 0 Å². The van der Waals surface area contributed by atoms with Crippen LogP contribution in [0.2, 0.25) is 0 Å². The van der Waals surface area contributed by atoms with Crippen LogP contribution in [0.15, 0.2) is 0 Å². The predicted molar refractivity (Wildman–Crippen MR) is 51.6 cm³/mol. The first-order valence-electron chi connectivity index (χ1n) is 4.87. The van der Waals surface area contributed by atoms with Gasteiger partial charge in [0.05, 0.1) is 0 Å². The molecular formula is C9H21N3. The van der Waals surface area contributed by atoms with Crippen LogP contribution in [-0.2, 0) is 0 Å². The van der Waals surface area contributed by atoms with Gasteiger partial charge in [-0.25, -0.2) is 0 Å². The maximum atomic E-state index is 5.71. The van der Waals surface area contributed by atoms with Crippen molar-refractivity contribution in [3.63, 3.8) is 0 Å². The standard InChI is InChI=1S/C9H21N3/c1-12(2)11-9-6-4-3-5-8(9)7-10/h8-9,11H,3-7,10H2,1-2H3. The van der Waals surface area contributed by atoms with Gasteiger partial charge in [0.2, 0.25) is 0 Å². The first-order valence-corrected chi connectivity index (χ1v) is 4.87. The summed E-state index contributed by atoms with van der Waals surface area (Å²) in [5.41, 5.74) is 9.15. The molecule has 0 aromatic heterocycles. The Kier molecular flexibility index (Phi) is 3.98. The van der Waals surface area contributed by atoms with Crippen molar-refractivity contribution >= 4 is 0 Å². The molecule has 2 unspecified atom stereocenters. The molecule has 0 bridgehead atoms. The van der Waals surface area contributed by atoms with Crippen LogP contribution in [0, 0.1) is 5.92 Å². The Labute approximate surface area is 75.3 Å². The van der Waals surface area contributed by atoms with Crippen LogP contribution >= 0.6 is 0 Å². The molecule has 12 heavy (non-hydrogen) atoms. The summed E-state index contributed by atoms with van der Waals surface area (Å²) in [5, 5.41) is 2.04. The molecule has 3 N–H and O–H groups in total. The van der Waals surface area contributed by atoms with E-state index in [9.17, 15) is 0 Å². The van der Waals surface area contributed by atoms with Gasteiger partial charge >= 0.3 is 0 Å². The zero-order valence-electron chi connectivity index (χ0n) is 8.21. The normalized spacial score (nSPS) is 31.0. The fraction of sp³-hybridized carbons (Fsp3) is 1.00. The molecule has 2 atom stereocenters. The van der Waals surface area contributed by atoms with E-state index in [4.69, 9.17) is 5.73 Å². The highest BCUT2D eigenvalue weighted by molar-refractivity contribution is 4.80. The molecule has 0 aromatic rings. The van der Waals surface area contributed by atoms with Gasteiger partial charge in [-0.15, -0.1) is 0 Å². The van der Waals surface area contributed by atoms with Crippen molar-refractivity contribution in [1.29, 1.82) is 0 Å². The van der Waals surface area contributed by atoms with Gasteiger partial charge in [0.25, 0.3) is 0 Å². The Morgan fingerprint density at radius 1 is 1.33 bits per heavy atom. The van der Waals surface area contributed by atoms with Gasteiger partial charge in [-0.3, -0.25) is 10.4 Å². The SMILES string of the molecule is CN(C)NC1CCCCC1CN. The molecule has 3 heteroatoms. The number of rotatable bonds is 3. The summed E-state index contributed by atoms with van der Waals surface area (Å²) in [5.74, 6) is 0.682. The van der Waals surface area contributed by atoms with Crippen molar-refractivity contribution < 1.29 is 0 Å². The second-order valence-corrected chi connectivity index (χ2v) is 3.91. The van der Waals surface area contributed by atoms with E-state index in [0.717, 1.165) is 6.54 Å². The second-order valence-electron chi connectivity index (χ2n) is 3.91. The van der Waals surface area contributed by atoms with Crippen LogP contribution in [0.25, 0.3) is 0 Å². The van der Waals surface area contributed by atoms with Crippen molar-refractivity contribution in [3.05, 3.63) is 0 Å². The van der Waals surface area contributed by atoms with Gasteiger partial charge in [-0.1, -0.05) is 12.8 Å². The highest BCUT2D eigenvalue weighted by atomic mass is 15.5. The fourth-order valence-electron chi connectivity index (χ4n) is 1.99. The number of hydrogen-bond donors (Lipinski definition) is 2. The van der Waals surface area contributed by atoms with E-state index >= 15 is 0 Å². The first-order chi connectivity index (χ1) is 5.74. The van der Waals surface area contributed by atoms with Crippen LogP contribution < -0.4 is 11.2 Å². The van der Waals surface area contributed by atoms with Gasteiger partial charge < -0.3 is 5.73 Å². The van der Waals surface area contributed by atoms with Crippen LogP contribution in [0.4, 0.5) is 0 Å².